The highest BCUT2D eigenvalue weighted by Crippen LogP contribution is 2.27. The molecule has 0 atom stereocenters. The minimum atomic E-state index is -2.80. The van der Waals surface area contributed by atoms with E-state index in [9.17, 15) is 13.6 Å². The van der Waals surface area contributed by atoms with E-state index in [4.69, 9.17) is 0 Å². The molecule has 6 heteroatoms. The summed E-state index contributed by atoms with van der Waals surface area (Å²) in [6.07, 6.45) is 6.03. The number of alkyl halides is 2. The third-order valence-corrected chi connectivity index (χ3v) is 5.51. The Morgan fingerprint density at radius 2 is 1.81 bits per heavy atom. The molecule has 144 valence electrons. The fourth-order valence-corrected chi connectivity index (χ4v) is 3.97. The lowest BCUT2D eigenvalue weighted by atomic mass is 9.91. The van der Waals surface area contributed by atoms with Gasteiger partial charge in [0.25, 0.3) is 0 Å². The second-order valence-electron chi connectivity index (χ2n) is 7.33. The van der Waals surface area contributed by atoms with E-state index in [0.29, 0.717) is 24.8 Å². The average molecular weight is 366 g/mol. The first-order valence-electron chi connectivity index (χ1n) is 9.64. The summed E-state index contributed by atoms with van der Waals surface area (Å²) in [7, 11) is 0. The van der Waals surface area contributed by atoms with E-state index in [1.165, 1.54) is 0 Å². The summed E-state index contributed by atoms with van der Waals surface area (Å²) in [5.74, 6) is 1.16. The molecule has 0 saturated carbocycles. The van der Waals surface area contributed by atoms with Crippen LogP contribution in [0.15, 0.2) is 24.3 Å². The van der Waals surface area contributed by atoms with E-state index >= 15 is 0 Å². The molecule has 1 aromatic carbocycles. The van der Waals surface area contributed by atoms with Crippen LogP contribution in [0, 0.1) is 5.92 Å². The number of piperidine rings is 1. The van der Waals surface area contributed by atoms with Crippen molar-refractivity contribution in [1.29, 1.82) is 0 Å². The summed E-state index contributed by atoms with van der Waals surface area (Å²) >= 11 is 0. The predicted molar refractivity (Wildman–Crippen MR) is 96.1 cm³/mol. The Kier molecular flexibility index (Phi) is 6.83. The molecule has 2 aliphatic rings. The van der Waals surface area contributed by atoms with Crippen molar-refractivity contribution in [3.05, 3.63) is 29.8 Å². The molecule has 2 aliphatic heterocycles. The van der Waals surface area contributed by atoms with Gasteiger partial charge in [0.2, 0.25) is 5.91 Å². The molecule has 0 unspecified atom stereocenters. The van der Waals surface area contributed by atoms with Crippen molar-refractivity contribution in [1.82, 2.24) is 9.80 Å². The highest BCUT2D eigenvalue weighted by atomic mass is 19.3. The van der Waals surface area contributed by atoms with Gasteiger partial charge in [-0.25, -0.2) is 0 Å². The van der Waals surface area contributed by atoms with E-state index < -0.39 is 6.61 Å². The lowest BCUT2D eigenvalue weighted by molar-refractivity contribution is -0.130. The van der Waals surface area contributed by atoms with Gasteiger partial charge in [-0.2, -0.15) is 8.78 Å². The van der Waals surface area contributed by atoms with Crippen molar-refractivity contribution in [3.63, 3.8) is 0 Å². The van der Waals surface area contributed by atoms with Crippen molar-refractivity contribution >= 4 is 5.91 Å². The van der Waals surface area contributed by atoms with Gasteiger partial charge in [0.15, 0.2) is 0 Å². The first kappa shape index (κ1) is 19.1. The standard InChI is InChI=1S/C20H28F2N2O2/c21-20(22)26-18-6-2-1-5-17(18)15-23-13-9-16(10-14-23)7-8-19(25)24-11-3-4-12-24/h1-2,5-6,16,20H,3-4,7-15H2. The molecule has 0 bridgehead atoms. The Morgan fingerprint density at radius 1 is 1.12 bits per heavy atom. The van der Waals surface area contributed by atoms with Crippen molar-refractivity contribution < 1.29 is 18.3 Å². The van der Waals surface area contributed by atoms with Crippen LogP contribution in [0.25, 0.3) is 0 Å². The van der Waals surface area contributed by atoms with Crippen molar-refractivity contribution in [2.75, 3.05) is 26.2 Å². The number of amides is 1. The average Bonchev–Trinajstić information content (AvgIpc) is 3.17. The molecular formula is C20H28F2N2O2. The molecule has 4 nitrogen and oxygen atoms in total. The van der Waals surface area contributed by atoms with Gasteiger partial charge in [0, 0.05) is 31.6 Å². The van der Waals surface area contributed by atoms with Gasteiger partial charge in [0.05, 0.1) is 0 Å². The number of para-hydroxylation sites is 1. The van der Waals surface area contributed by atoms with Crippen LogP contribution >= 0.6 is 0 Å². The Morgan fingerprint density at radius 3 is 2.50 bits per heavy atom. The van der Waals surface area contributed by atoms with Gasteiger partial charge in [-0.15, -0.1) is 0 Å². The highest BCUT2D eigenvalue weighted by Gasteiger charge is 2.23. The normalized spacial score (nSPS) is 19.3. The zero-order valence-electron chi connectivity index (χ0n) is 15.2. The van der Waals surface area contributed by atoms with Crippen molar-refractivity contribution in [2.24, 2.45) is 5.92 Å². The molecule has 0 aliphatic carbocycles. The van der Waals surface area contributed by atoms with Crippen LogP contribution in [0.1, 0.15) is 44.1 Å². The number of carbonyl (C=O) groups is 1. The Hall–Kier alpha value is -1.69. The summed E-state index contributed by atoms with van der Waals surface area (Å²) < 4.78 is 29.7. The molecule has 0 N–H and O–H groups in total. The quantitative estimate of drug-likeness (QED) is 0.734. The second-order valence-corrected chi connectivity index (χ2v) is 7.33. The van der Waals surface area contributed by atoms with Crippen molar-refractivity contribution in [2.45, 2.75) is 51.7 Å². The molecule has 2 heterocycles. The van der Waals surface area contributed by atoms with Crippen molar-refractivity contribution in [3.8, 4) is 5.75 Å². The van der Waals surface area contributed by atoms with Crippen LogP contribution in [-0.2, 0) is 11.3 Å². The summed E-state index contributed by atoms with van der Waals surface area (Å²) in [4.78, 5) is 16.4. The molecule has 0 radical (unpaired) electrons. The van der Waals surface area contributed by atoms with Gasteiger partial charge in [-0.3, -0.25) is 9.69 Å². The molecule has 2 fully saturated rings. The fourth-order valence-electron chi connectivity index (χ4n) is 3.97. The van der Waals surface area contributed by atoms with Crippen LogP contribution in [0.2, 0.25) is 0 Å². The fraction of sp³-hybridized carbons (Fsp3) is 0.650. The monoisotopic (exact) mass is 366 g/mol. The maximum Gasteiger partial charge on any atom is 0.387 e. The molecular weight excluding hydrogens is 338 g/mol. The number of benzene rings is 1. The smallest absolute Gasteiger partial charge is 0.387 e. The first-order valence-corrected chi connectivity index (χ1v) is 9.64. The summed E-state index contributed by atoms with van der Waals surface area (Å²) in [5.41, 5.74) is 0.801. The Bertz CT molecular complexity index is 583. The third-order valence-electron chi connectivity index (χ3n) is 5.51. The van der Waals surface area contributed by atoms with E-state index in [0.717, 1.165) is 63.8 Å². The third kappa shape index (κ3) is 5.40. The minimum Gasteiger partial charge on any atom is -0.434 e. The molecule has 1 aromatic rings. The van der Waals surface area contributed by atoms with Gasteiger partial charge < -0.3 is 9.64 Å². The number of ether oxygens (including phenoxy) is 1. The van der Waals surface area contributed by atoms with Crippen LogP contribution in [-0.4, -0.2) is 48.5 Å². The zero-order valence-corrected chi connectivity index (χ0v) is 15.2. The Labute approximate surface area is 154 Å². The Balaban J connectivity index is 1.42. The predicted octanol–water partition coefficient (Wildman–Crippen LogP) is 3.90. The molecule has 1 amide bonds. The summed E-state index contributed by atoms with van der Waals surface area (Å²) in [5, 5.41) is 0. The molecule has 26 heavy (non-hydrogen) atoms. The number of rotatable bonds is 7. The summed E-state index contributed by atoms with van der Waals surface area (Å²) in [6, 6.07) is 7.01. The number of likely N-dealkylation sites (tertiary alicyclic amines) is 2. The zero-order chi connectivity index (χ0) is 18.4. The van der Waals surface area contributed by atoms with Gasteiger partial charge in [-0.1, -0.05) is 18.2 Å². The SMILES string of the molecule is O=C(CCC1CCN(Cc2ccccc2OC(F)F)CC1)N1CCCC1. The minimum absolute atomic E-state index is 0.265. The molecule has 0 spiro atoms. The van der Waals surface area contributed by atoms with Crippen LogP contribution in [0.4, 0.5) is 8.78 Å². The van der Waals surface area contributed by atoms with Crippen LogP contribution < -0.4 is 4.74 Å². The van der Waals surface area contributed by atoms with Crippen LogP contribution in [0.5, 0.6) is 5.75 Å². The van der Waals surface area contributed by atoms with E-state index in [1.54, 1.807) is 12.1 Å². The largest absolute Gasteiger partial charge is 0.434 e. The second kappa shape index (κ2) is 9.31. The number of carbonyl (C=O) groups excluding carboxylic acids is 1. The van der Waals surface area contributed by atoms with Gasteiger partial charge in [0.1, 0.15) is 5.75 Å². The maximum atomic E-state index is 12.5. The lowest BCUT2D eigenvalue weighted by Crippen LogP contribution is -2.34. The highest BCUT2D eigenvalue weighted by molar-refractivity contribution is 5.76. The number of halogens is 2. The first-order chi connectivity index (χ1) is 12.6. The number of hydrogen-bond donors (Lipinski definition) is 0. The molecule has 3 rings (SSSR count). The van der Waals surface area contributed by atoms with Gasteiger partial charge >= 0.3 is 6.61 Å². The number of nitrogens with zero attached hydrogens (tertiary/aromatic N) is 2. The maximum absolute atomic E-state index is 12.5. The van der Waals surface area contributed by atoms with E-state index in [1.807, 2.05) is 17.0 Å². The lowest BCUT2D eigenvalue weighted by Gasteiger charge is -2.32. The molecule has 0 aromatic heterocycles. The van der Waals surface area contributed by atoms with E-state index in [2.05, 4.69) is 9.64 Å². The topological polar surface area (TPSA) is 32.8 Å². The van der Waals surface area contributed by atoms with Crippen LogP contribution in [0.3, 0.4) is 0 Å². The summed E-state index contributed by atoms with van der Waals surface area (Å²) in [6.45, 7) is 1.56. The molecule has 2 saturated heterocycles. The van der Waals surface area contributed by atoms with E-state index in [-0.39, 0.29) is 5.75 Å². The number of hydrogen-bond acceptors (Lipinski definition) is 3. The van der Waals surface area contributed by atoms with Gasteiger partial charge in [-0.05, 0) is 57.2 Å².